The Morgan fingerprint density at radius 1 is 1.17 bits per heavy atom. The highest BCUT2D eigenvalue weighted by atomic mass is 19.3. The number of nitrogens with one attached hydrogen (secondary N) is 3. The molecule has 0 aliphatic carbocycles. The summed E-state index contributed by atoms with van der Waals surface area (Å²) in [7, 11) is 0. The lowest BCUT2D eigenvalue weighted by molar-refractivity contribution is -0.136. The van der Waals surface area contributed by atoms with Crippen LogP contribution in [0.4, 0.5) is 14.5 Å². The average Bonchev–Trinajstić information content (AvgIpc) is 3.54. The standard InChI is InChI=1S/C23H30F2N8O3/c24-22(25)21-19(28-23(36)18-3-1-2-16(27-18)17-4-7-26-29-17)12-33(30-21)15-10-32(11-15)14-5-8-31(9-6-14)20(35)13-34/h1-3,12,14-15,17,22,26,29,34H,4-11,13H2,(H,28,36). The molecule has 5 rings (SSSR count). The topological polar surface area (TPSA) is 128 Å². The van der Waals surface area contributed by atoms with Gasteiger partial charge in [0.15, 0.2) is 5.69 Å². The Hall–Kier alpha value is -3.00. The van der Waals surface area contributed by atoms with E-state index < -0.39 is 24.6 Å². The van der Waals surface area contributed by atoms with Gasteiger partial charge in [0.1, 0.15) is 12.3 Å². The van der Waals surface area contributed by atoms with Crippen LogP contribution in [0.1, 0.15) is 59.6 Å². The molecule has 0 aromatic carbocycles. The molecule has 2 amide bonds. The molecule has 4 N–H and O–H groups in total. The zero-order valence-corrected chi connectivity index (χ0v) is 19.7. The number of pyridine rings is 1. The van der Waals surface area contributed by atoms with Crippen LogP contribution in [-0.2, 0) is 4.79 Å². The van der Waals surface area contributed by atoms with E-state index in [1.54, 1.807) is 17.0 Å². The zero-order chi connectivity index (χ0) is 25.2. The number of halogens is 2. The van der Waals surface area contributed by atoms with Crippen LogP contribution in [0.3, 0.4) is 0 Å². The molecular weight excluding hydrogens is 474 g/mol. The molecule has 0 spiro atoms. The Kier molecular flexibility index (Phi) is 7.23. The Morgan fingerprint density at radius 3 is 2.61 bits per heavy atom. The number of piperidine rings is 1. The highest BCUT2D eigenvalue weighted by molar-refractivity contribution is 6.03. The SMILES string of the molecule is O=C(Nc1cn(C2CN(C3CCN(C(=O)CO)CC3)C2)nc1C(F)F)c1cccc(C2CCNN2)n1. The Labute approximate surface area is 206 Å². The number of rotatable bonds is 7. The summed E-state index contributed by atoms with van der Waals surface area (Å²) < 4.78 is 29.0. The predicted octanol–water partition coefficient (Wildman–Crippen LogP) is 0.847. The van der Waals surface area contributed by atoms with E-state index in [0.717, 1.165) is 25.8 Å². The second-order valence-corrected chi connectivity index (χ2v) is 9.40. The van der Waals surface area contributed by atoms with Crippen molar-refractivity contribution in [2.24, 2.45) is 0 Å². The lowest BCUT2D eigenvalue weighted by Gasteiger charge is -2.47. The summed E-state index contributed by atoms with van der Waals surface area (Å²) in [5.41, 5.74) is 6.49. The number of alkyl halides is 2. The molecule has 3 saturated heterocycles. The van der Waals surface area contributed by atoms with Crippen molar-refractivity contribution in [1.29, 1.82) is 0 Å². The minimum atomic E-state index is -2.83. The molecule has 1 unspecified atom stereocenters. The minimum absolute atomic E-state index is 0.0129. The quantitative estimate of drug-likeness (QED) is 0.437. The third kappa shape index (κ3) is 5.09. The largest absolute Gasteiger partial charge is 0.387 e. The summed E-state index contributed by atoms with van der Waals surface area (Å²) in [4.78, 5) is 32.8. The van der Waals surface area contributed by atoms with E-state index in [4.69, 9.17) is 5.11 Å². The van der Waals surface area contributed by atoms with Crippen LogP contribution < -0.4 is 16.2 Å². The van der Waals surface area contributed by atoms with Crippen LogP contribution in [0.25, 0.3) is 0 Å². The van der Waals surface area contributed by atoms with Crippen molar-refractivity contribution in [2.75, 3.05) is 44.6 Å². The van der Waals surface area contributed by atoms with E-state index in [-0.39, 0.29) is 29.4 Å². The average molecular weight is 505 g/mol. The maximum absolute atomic E-state index is 13.7. The van der Waals surface area contributed by atoms with Crippen LogP contribution in [0.5, 0.6) is 0 Å². The normalized spacial score (nSPS) is 21.7. The molecule has 0 saturated carbocycles. The first kappa shape index (κ1) is 24.7. The number of likely N-dealkylation sites (tertiary alicyclic amines) is 2. The Bertz CT molecular complexity index is 1090. The van der Waals surface area contributed by atoms with Crippen LogP contribution in [-0.4, -0.2) is 86.9 Å². The van der Waals surface area contributed by atoms with Crippen LogP contribution >= 0.6 is 0 Å². The van der Waals surface area contributed by atoms with E-state index in [0.29, 0.717) is 37.9 Å². The number of aliphatic hydroxyl groups is 1. The van der Waals surface area contributed by atoms with Gasteiger partial charge in [-0.2, -0.15) is 5.10 Å². The molecular formula is C23H30F2N8O3. The third-order valence-electron chi connectivity index (χ3n) is 7.14. The summed E-state index contributed by atoms with van der Waals surface area (Å²) in [6, 6.07) is 5.31. The molecule has 11 nitrogen and oxygen atoms in total. The Balaban J connectivity index is 1.21. The van der Waals surface area contributed by atoms with Crippen molar-refractivity contribution in [3.05, 3.63) is 41.5 Å². The fraction of sp³-hybridized carbons (Fsp3) is 0.565. The van der Waals surface area contributed by atoms with Gasteiger partial charge in [-0.1, -0.05) is 6.07 Å². The van der Waals surface area contributed by atoms with Crippen molar-refractivity contribution in [1.82, 2.24) is 35.4 Å². The predicted molar refractivity (Wildman–Crippen MR) is 125 cm³/mol. The van der Waals surface area contributed by atoms with Crippen LogP contribution in [0.15, 0.2) is 24.4 Å². The maximum Gasteiger partial charge on any atom is 0.284 e. The van der Waals surface area contributed by atoms with Gasteiger partial charge in [-0.15, -0.1) is 0 Å². The van der Waals surface area contributed by atoms with Gasteiger partial charge in [0, 0.05) is 45.0 Å². The number of aromatic nitrogens is 3. The molecule has 194 valence electrons. The molecule has 0 radical (unpaired) electrons. The van der Waals surface area contributed by atoms with Crippen LogP contribution in [0.2, 0.25) is 0 Å². The number of hydrazine groups is 1. The summed E-state index contributed by atoms with van der Waals surface area (Å²) in [6.45, 7) is 2.83. The van der Waals surface area contributed by atoms with Gasteiger partial charge in [0.05, 0.1) is 23.5 Å². The summed E-state index contributed by atoms with van der Waals surface area (Å²) >= 11 is 0. The molecule has 1 atom stereocenters. The van der Waals surface area contributed by atoms with Crippen molar-refractivity contribution in [2.45, 2.75) is 43.8 Å². The number of anilines is 1. The molecule has 2 aromatic heterocycles. The smallest absolute Gasteiger partial charge is 0.284 e. The fourth-order valence-electron chi connectivity index (χ4n) is 5.05. The van der Waals surface area contributed by atoms with Gasteiger partial charge in [-0.3, -0.25) is 24.6 Å². The molecule has 3 fully saturated rings. The lowest BCUT2D eigenvalue weighted by Crippen LogP contribution is -2.56. The third-order valence-corrected chi connectivity index (χ3v) is 7.14. The number of hydrogen-bond donors (Lipinski definition) is 4. The van der Waals surface area contributed by atoms with E-state index in [2.05, 4.69) is 31.2 Å². The van der Waals surface area contributed by atoms with Crippen molar-refractivity contribution in [3.8, 4) is 0 Å². The van der Waals surface area contributed by atoms with E-state index in [9.17, 15) is 18.4 Å². The molecule has 13 heteroatoms. The fourth-order valence-corrected chi connectivity index (χ4v) is 5.05. The first-order valence-corrected chi connectivity index (χ1v) is 12.2. The molecule has 0 bridgehead atoms. The van der Waals surface area contributed by atoms with E-state index in [1.165, 1.54) is 10.9 Å². The Morgan fingerprint density at radius 2 is 1.94 bits per heavy atom. The van der Waals surface area contributed by atoms with Crippen molar-refractivity contribution < 1.29 is 23.5 Å². The number of hydrogen-bond acceptors (Lipinski definition) is 8. The number of nitrogens with zero attached hydrogens (tertiary/aromatic N) is 5. The summed E-state index contributed by atoms with van der Waals surface area (Å²) in [5, 5.41) is 15.7. The molecule has 36 heavy (non-hydrogen) atoms. The molecule has 3 aliphatic heterocycles. The van der Waals surface area contributed by atoms with Gasteiger partial charge in [0.2, 0.25) is 5.91 Å². The minimum Gasteiger partial charge on any atom is -0.387 e. The number of carbonyl (C=O) groups excluding carboxylic acids is 2. The van der Waals surface area contributed by atoms with Gasteiger partial charge >= 0.3 is 0 Å². The molecule has 5 heterocycles. The summed E-state index contributed by atoms with van der Waals surface area (Å²) in [6.07, 6.45) is 1.08. The second-order valence-electron chi connectivity index (χ2n) is 9.40. The van der Waals surface area contributed by atoms with Crippen molar-refractivity contribution in [3.63, 3.8) is 0 Å². The second kappa shape index (κ2) is 10.5. The van der Waals surface area contributed by atoms with Gasteiger partial charge < -0.3 is 15.3 Å². The van der Waals surface area contributed by atoms with Crippen LogP contribution in [0, 0.1) is 0 Å². The van der Waals surface area contributed by atoms with E-state index >= 15 is 0 Å². The summed E-state index contributed by atoms with van der Waals surface area (Å²) in [5.74, 6) is -0.821. The lowest BCUT2D eigenvalue weighted by atomic mass is 9.97. The van der Waals surface area contributed by atoms with Gasteiger partial charge in [0.25, 0.3) is 12.3 Å². The van der Waals surface area contributed by atoms with Crippen molar-refractivity contribution >= 4 is 17.5 Å². The number of amides is 2. The van der Waals surface area contributed by atoms with Gasteiger partial charge in [-0.25, -0.2) is 19.2 Å². The highest BCUT2D eigenvalue weighted by Crippen LogP contribution is 2.32. The molecule has 2 aromatic rings. The molecule has 3 aliphatic rings. The monoisotopic (exact) mass is 504 g/mol. The first-order valence-electron chi connectivity index (χ1n) is 12.2. The highest BCUT2D eigenvalue weighted by Gasteiger charge is 2.37. The van der Waals surface area contributed by atoms with Gasteiger partial charge in [-0.05, 0) is 31.4 Å². The zero-order valence-electron chi connectivity index (χ0n) is 19.7. The number of aliphatic hydroxyl groups excluding tert-OH is 1. The first-order chi connectivity index (χ1) is 17.4. The maximum atomic E-state index is 13.7. The number of carbonyl (C=O) groups is 2. The van der Waals surface area contributed by atoms with E-state index in [1.807, 2.05) is 6.07 Å².